The van der Waals surface area contributed by atoms with E-state index in [1.807, 2.05) is 0 Å². The van der Waals surface area contributed by atoms with E-state index in [4.69, 9.17) is 0 Å². The van der Waals surface area contributed by atoms with Crippen LogP contribution in [0.5, 0.6) is 0 Å². The van der Waals surface area contributed by atoms with Crippen LogP contribution in [0.15, 0.2) is 24.3 Å². The van der Waals surface area contributed by atoms with Gasteiger partial charge in [-0.05, 0) is 18.1 Å². The predicted octanol–water partition coefficient (Wildman–Crippen LogP) is 3.81. The summed E-state index contributed by atoms with van der Waals surface area (Å²) in [6, 6.07) is 8.81. The number of anilines is 1. The summed E-state index contributed by atoms with van der Waals surface area (Å²) in [5.41, 5.74) is 3.28. The SMILES string of the molecule is CCCN1CC(C)(C)c2ccccc21.I. The maximum Gasteiger partial charge on any atom is 0.0405 e. The van der Waals surface area contributed by atoms with Crippen LogP contribution in [0.25, 0.3) is 0 Å². The van der Waals surface area contributed by atoms with Gasteiger partial charge in [0.05, 0.1) is 0 Å². The van der Waals surface area contributed by atoms with Gasteiger partial charge >= 0.3 is 0 Å². The van der Waals surface area contributed by atoms with Gasteiger partial charge in [0.2, 0.25) is 0 Å². The molecule has 0 unspecified atom stereocenters. The lowest BCUT2D eigenvalue weighted by atomic mass is 9.87. The molecule has 2 heteroatoms. The van der Waals surface area contributed by atoms with Crippen LogP contribution in [0.2, 0.25) is 0 Å². The lowest BCUT2D eigenvalue weighted by molar-refractivity contribution is 0.549. The monoisotopic (exact) mass is 317 g/mol. The van der Waals surface area contributed by atoms with Crippen LogP contribution in [0, 0.1) is 0 Å². The number of hydrogen-bond acceptors (Lipinski definition) is 1. The van der Waals surface area contributed by atoms with Crippen molar-refractivity contribution < 1.29 is 0 Å². The zero-order valence-corrected chi connectivity index (χ0v) is 12.1. The minimum Gasteiger partial charge on any atom is -0.370 e. The van der Waals surface area contributed by atoms with E-state index in [1.165, 1.54) is 30.8 Å². The summed E-state index contributed by atoms with van der Waals surface area (Å²) in [6.45, 7) is 9.26. The first-order chi connectivity index (χ1) is 6.65. The number of rotatable bonds is 2. The Morgan fingerprint density at radius 2 is 1.93 bits per heavy atom. The van der Waals surface area contributed by atoms with Gasteiger partial charge in [-0.3, -0.25) is 0 Å². The first-order valence-electron chi connectivity index (χ1n) is 5.49. The molecule has 0 aromatic heterocycles. The van der Waals surface area contributed by atoms with Crippen molar-refractivity contribution in [3.8, 4) is 0 Å². The van der Waals surface area contributed by atoms with E-state index in [9.17, 15) is 0 Å². The maximum atomic E-state index is 2.51. The summed E-state index contributed by atoms with van der Waals surface area (Å²) in [4.78, 5) is 2.51. The lowest BCUT2D eigenvalue weighted by Crippen LogP contribution is -2.28. The molecule has 0 amide bonds. The van der Waals surface area contributed by atoms with Crippen LogP contribution in [0.1, 0.15) is 32.8 Å². The van der Waals surface area contributed by atoms with Crippen LogP contribution in [-0.2, 0) is 5.41 Å². The van der Waals surface area contributed by atoms with Gasteiger partial charge in [-0.2, -0.15) is 0 Å². The molecular weight excluding hydrogens is 297 g/mol. The fourth-order valence-corrected chi connectivity index (χ4v) is 2.44. The topological polar surface area (TPSA) is 3.24 Å². The molecule has 0 bridgehead atoms. The number of benzene rings is 1. The molecule has 0 fully saturated rings. The molecule has 1 nitrogen and oxygen atoms in total. The zero-order chi connectivity index (χ0) is 10.2. The standard InChI is InChI=1S/C13H19N.HI/c1-4-9-14-10-13(2,3)11-7-5-6-8-12(11)14;/h5-8H,4,9-10H2,1-3H3;1H. The van der Waals surface area contributed by atoms with E-state index in [0.717, 1.165) is 0 Å². The maximum absolute atomic E-state index is 2.51. The second kappa shape index (κ2) is 4.73. The van der Waals surface area contributed by atoms with Crippen LogP contribution in [-0.4, -0.2) is 13.1 Å². The third-order valence-corrected chi connectivity index (χ3v) is 3.05. The molecule has 0 saturated carbocycles. The van der Waals surface area contributed by atoms with Gasteiger partial charge in [-0.15, -0.1) is 24.0 Å². The molecule has 15 heavy (non-hydrogen) atoms. The highest BCUT2D eigenvalue weighted by Gasteiger charge is 2.33. The largest absolute Gasteiger partial charge is 0.370 e. The molecule has 0 atom stereocenters. The van der Waals surface area contributed by atoms with Crippen LogP contribution < -0.4 is 4.90 Å². The molecule has 1 aliphatic rings. The van der Waals surface area contributed by atoms with E-state index in [2.05, 4.69) is 49.9 Å². The van der Waals surface area contributed by atoms with Gasteiger partial charge in [0, 0.05) is 24.2 Å². The van der Waals surface area contributed by atoms with Crippen LogP contribution >= 0.6 is 24.0 Å². The molecule has 1 aromatic carbocycles. The third-order valence-electron chi connectivity index (χ3n) is 3.05. The van der Waals surface area contributed by atoms with Crippen molar-refractivity contribution in [2.24, 2.45) is 0 Å². The Morgan fingerprint density at radius 3 is 2.60 bits per heavy atom. The summed E-state index contributed by atoms with van der Waals surface area (Å²) < 4.78 is 0. The van der Waals surface area contributed by atoms with Crippen molar-refractivity contribution in [2.75, 3.05) is 18.0 Å². The van der Waals surface area contributed by atoms with E-state index in [-0.39, 0.29) is 24.0 Å². The van der Waals surface area contributed by atoms with Crippen LogP contribution in [0.4, 0.5) is 5.69 Å². The molecule has 0 spiro atoms. The molecule has 2 rings (SSSR count). The Hall–Kier alpha value is -0.250. The van der Waals surface area contributed by atoms with E-state index >= 15 is 0 Å². The zero-order valence-electron chi connectivity index (χ0n) is 9.79. The smallest absolute Gasteiger partial charge is 0.0405 e. The van der Waals surface area contributed by atoms with Crippen molar-refractivity contribution in [3.05, 3.63) is 29.8 Å². The molecule has 0 aliphatic carbocycles. The van der Waals surface area contributed by atoms with Crippen molar-refractivity contribution in [3.63, 3.8) is 0 Å². The molecule has 84 valence electrons. The van der Waals surface area contributed by atoms with Gasteiger partial charge in [0.1, 0.15) is 0 Å². The Kier molecular flexibility index (Phi) is 4.04. The van der Waals surface area contributed by atoms with E-state index in [1.54, 1.807) is 0 Å². The number of hydrogen-bond donors (Lipinski definition) is 0. The molecular formula is C13H20IN. The molecule has 1 aliphatic heterocycles. The second-order valence-corrected chi connectivity index (χ2v) is 4.82. The fraction of sp³-hybridized carbons (Fsp3) is 0.538. The summed E-state index contributed by atoms with van der Waals surface area (Å²) in [5.74, 6) is 0. The molecule has 1 aromatic rings. The number of para-hydroxylation sites is 1. The highest BCUT2D eigenvalue weighted by Crippen LogP contribution is 2.39. The highest BCUT2D eigenvalue weighted by molar-refractivity contribution is 14.0. The van der Waals surface area contributed by atoms with Crippen LogP contribution in [0.3, 0.4) is 0 Å². The molecule has 0 radical (unpaired) electrons. The summed E-state index contributed by atoms with van der Waals surface area (Å²) in [6.07, 6.45) is 1.23. The lowest BCUT2D eigenvalue weighted by Gasteiger charge is -2.21. The van der Waals surface area contributed by atoms with Crippen molar-refractivity contribution in [1.82, 2.24) is 0 Å². The average Bonchev–Trinajstić information content (AvgIpc) is 2.41. The van der Waals surface area contributed by atoms with Gasteiger partial charge in [0.15, 0.2) is 0 Å². The quantitative estimate of drug-likeness (QED) is 0.750. The number of nitrogens with zero attached hydrogens (tertiary/aromatic N) is 1. The highest BCUT2D eigenvalue weighted by atomic mass is 127. The fourth-order valence-electron chi connectivity index (χ4n) is 2.44. The summed E-state index contributed by atoms with van der Waals surface area (Å²) in [5, 5.41) is 0. The van der Waals surface area contributed by atoms with Crippen molar-refractivity contribution in [1.29, 1.82) is 0 Å². The van der Waals surface area contributed by atoms with E-state index < -0.39 is 0 Å². The van der Waals surface area contributed by atoms with Gasteiger partial charge in [-0.1, -0.05) is 39.0 Å². The minimum atomic E-state index is 0. The van der Waals surface area contributed by atoms with Gasteiger partial charge < -0.3 is 4.90 Å². The summed E-state index contributed by atoms with van der Waals surface area (Å²) in [7, 11) is 0. The predicted molar refractivity (Wildman–Crippen MR) is 77.4 cm³/mol. The Labute approximate surface area is 110 Å². The Balaban J connectivity index is 0.00000112. The molecule has 1 heterocycles. The Morgan fingerprint density at radius 1 is 1.27 bits per heavy atom. The Bertz CT molecular complexity index is 333. The summed E-state index contributed by atoms with van der Waals surface area (Å²) >= 11 is 0. The first-order valence-corrected chi connectivity index (χ1v) is 5.49. The molecule has 0 saturated heterocycles. The number of fused-ring (bicyclic) bond motifs is 1. The van der Waals surface area contributed by atoms with Gasteiger partial charge in [-0.25, -0.2) is 0 Å². The third kappa shape index (κ3) is 2.30. The van der Waals surface area contributed by atoms with E-state index in [0.29, 0.717) is 5.41 Å². The van der Waals surface area contributed by atoms with Gasteiger partial charge in [0.25, 0.3) is 0 Å². The number of halogens is 1. The first kappa shape index (κ1) is 12.8. The van der Waals surface area contributed by atoms with Crippen molar-refractivity contribution in [2.45, 2.75) is 32.6 Å². The normalized spacial score (nSPS) is 17.1. The second-order valence-electron chi connectivity index (χ2n) is 4.82. The van der Waals surface area contributed by atoms with Crippen molar-refractivity contribution >= 4 is 29.7 Å². The molecule has 0 N–H and O–H groups in total. The average molecular weight is 317 g/mol. The minimum absolute atomic E-state index is 0.